The molecule has 1 rings (SSSR count). The minimum absolute atomic E-state index is 0.351. The van der Waals surface area contributed by atoms with Crippen LogP contribution in [-0.4, -0.2) is 11.1 Å². The Morgan fingerprint density at radius 2 is 1.38 bits per heavy atom. The summed E-state index contributed by atoms with van der Waals surface area (Å²) in [5.74, 6) is 1.32. The molecule has 0 saturated heterocycles. The molecule has 0 bridgehead atoms. The average molecular weight is 296 g/mol. The van der Waals surface area contributed by atoms with Gasteiger partial charge in [0, 0.05) is 6.42 Å². The van der Waals surface area contributed by atoms with Gasteiger partial charge >= 0.3 is 5.97 Å². The quantitative estimate of drug-likeness (QED) is 0.436. The first-order valence-corrected chi connectivity index (χ1v) is 9.45. The molecule has 0 aromatic rings. The highest BCUT2D eigenvalue weighted by molar-refractivity contribution is 5.66. The number of aliphatic carboxylic acids is 1. The fraction of sp³-hybridized carbons (Fsp3) is 0.947. The number of hydrogen-bond donors (Lipinski definition) is 1. The summed E-state index contributed by atoms with van der Waals surface area (Å²) in [7, 11) is 0. The summed E-state index contributed by atoms with van der Waals surface area (Å²) in [6, 6.07) is 0. The van der Waals surface area contributed by atoms with Crippen molar-refractivity contribution in [3.8, 4) is 0 Å². The van der Waals surface area contributed by atoms with E-state index in [-0.39, 0.29) is 0 Å². The number of unbranched alkanes of at least 4 members (excludes halogenated alkanes) is 6. The lowest BCUT2D eigenvalue weighted by atomic mass is 9.74. The number of rotatable bonds is 12. The average Bonchev–Trinajstić information content (AvgIpc) is 2.48. The molecule has 1 aliphatic rings. The fourth-order valence-electron chi connectivity index (χ4n) is 3.91. The van der Waals surface area contributed by atoms with Crippen molar-refractivity contribution < 1.29 is 9.90 Å². The molecule has 1 N–H and O–H groups in total. The highest BCUT2D eigenvalue weighted by Crippen LogP contribution is 2.36. The second-order valence-electron chi connectivity index (χ2n) is 7.00. The summed E-state index contributed by atoms with van der Waals surface area (Å²) in [5.41, 5.74) is 0. The van der Waals surface area contributed by atoms with Crippen molar-refractivity contribution in [3.63, 3.8) is 0 Å². The Bertz CT molecular complexity index is 262. The minimum Gasteiger partial charge on any atom is -0.481 e. The molecule has 2 atom stereocenters. The molecular weight excluding hydrogens is 260 g/mol. The first kappa shape index (κ1) is 18.5. The molecular formula is C19H36O2. The van der Waals surface area contributed by atoms with Gasteiger partial charge in [0.25, 0.3) is 0 Å². The van der Waals surface area contributed by atoms with Gasteiger partial charge in [0.15, 0.2) is 0 Å². The van der Waals surface area contributed by atoms with E-state index in [1.54, 1.807) is 0 Å². The van der Waals surface area contributed by atoms with Crippen LogP contribution in [0.15, 0.2) is 0 Å². The van der Waals surface area contributed by atoms with Crippen molar-refractivity contribution in [2.24, 2.45) is 11.8 Å². The standard InChI is InChI=1S/C19H36O2/c1-2-3-4-7-12-17-14-10-11-15-18(17)13-8-5-6-9-16-19(20)21/h17-18H,2-16H2,1H3,(H,20,21). The third-order valence-electron chi connectivity index (χ3n) is 5.21. The van der Waals surface area contributed by atoms with Crippen LogP contribution >= 0.6 is 0 Å². The molecule has 124 valence electrons. The molecule has 0 aromatic carbocycles. The zero-order chi connectivity index (χ0) is 15.3. The third kappa shape index (κ3) is 9.16. The van der Waals surface area contributed by atoms with Crippen LogP contribution in [0.4, 0.5) is 0 Å². The molecule has 1 saturated carbocycles. The van der Waals surface area contributed by atoms with Crippen molar-refractivity contribution >= 4 is 5.97 Å². The van der Waals surface area contributed by atoms with Gasteiger partial charge in [0.05, 0.1) is 0 Å². The van der Waals surface area contributed by atoms with Gasteiger partial charge in [-0.05, 0) is 18.3 Å². The molecule has 0 heterocycles. The molecule has 2 heteroatoms. The van der Waals surface area contributed by atoms with E-state index in [0.29, 0.717) is 6.42 Å². The molecule has 1 fully saturated rings. The van der Waals surface area contributed by atoms with Gasteiger partial charge in [-0.15, -0.1) is 0 Å². The molecule has 0 aromatic heterocycles. The summed E-state index contributed by atoms with van der Waals surface area (Å²) >= 11 is 0. The van der Waals surface area contributed by atoms with E-state index < -0.39 is 5.97 Å². The lowest BCUT2D eigenvalue weighted by Gasteiger charge is -2.32. The molecule has 0 radical (unpaired) electrons. The Kier molecular flexibility index (Phi) is 10.6. The Hall–Kier alpha value is -0.530. The van der Waals surface area contributed by atoms with Crippen molar-refractivity contribution in [2.75, 3.05) is 0 Å². The molecule has 0 spiro atoms. The maximum absolute atomic E-state index is 10.5. The Morgan fingerprint density at radius 3 is 1.90 bits per heavy atom. The molecule has 0 amide bonds. The van der Waals surface area contributed by atoms with Crippen LogP contribution in [0.1, 0.15) is 103 Å². The van der Waals surface area contributed by atoms with E-state index in [1.165, 1.54) is 77.0 Å². The summed E-state index contributed by atoms with van der Waals surface area (Å²) in [4.78, 5) is 10.5. The van der Waals surface area contributed by atoms with Gasteiger partial charge in [0.1, 0.15) is 0 Å². The summed E-state index contributed by atoms with van der Waals surface area (Å²) in [6.07, 6.45) is 19.1. The molecule has 2 unspecified atom stereocenters. The van der Waals surface area contributed by atoms with Crippen LogP contribution in [0.25, 0.3) is 0 Å². The van der Waals surface area contributed by atoms with E-state index in [2.05, 4.69) is 6.92 Å². The van der Waals surface area contributed by atoms with Crippen LogP contribution < -0.4 is 0 Å². The van der Waals surface area contributed by atoms with Crippen molar-refractivity contribution in [1.82, 2.24) is 0 Å². The third-order valence-corrected chi connectivity index (χ3v) is 5.21. The molecule has 0 aliphatic heterocycles. The zero-order valence-corrected chi connectivity index (χ0v) is 14.1. The normalized spacial score (nSPS) is 22.3. The van der Waals surface area contributed by atoms with Crippen molar-refractivity contribution in [3.05, 3.63) is 0 Å². The highest BCUT2D eigenvalue weighted by Gasteiger charge is 2.23. The monoisotopic (exact) mass is 296 g/mol. The first-order chi connectivity index (χ1) is 10.2. The smallest absolute Gasteiger partial charge is 0.303 e. The summed E-state index contributed by atoms with van der Waals surface area (Å²) in [5, 5.41) is 8.63. The van der Waals surface area contributed by atoms with Crippen LogP contribution in [0.3, 0.4) is 0 Å². The van der Waals surface area contributed by atoms with Crippen LogP contribution in [0, 0.1) is 11.8 Å². The topological polar surface area (TPSA) is 37.3 Å². The second kappa shape index (κ2) is 12.1. The van der Waals surface area contributed by atoms with Gasteiger partial charge in [-0.25, -0.2) is 0 Å². The van der Waals surface area contributed by atoms with Gasteiger partial charge < -0.3 is 5.11 Å². The summed E-state index contributed by atoms with van der Waals surface area (Å²) in [6.45, 7) is 2.29. The number of carboxylic acids is 1. The molecule has 1 aliphatic carbocycles. The summed E-state index contributed by atoms with van der Waals surface area (Å²) < 4.78 is 0. The van der Waals surface area contributed by atoms with Crippen molar-refractivity contribution in [2.45, 2.75) is 103 Å². The van der Waals surface area contributed by atoms with Crippen molar-refractivity contribution in [1.29, 1.82) is 0 Å². The van der Waals surface area contributed by atoms with Crippen LogP contribution in [0.2, 0.25) is 0 Å². The number of carbonyl (C=O) groups is 1. The van der Waals surface area contributed by atoms with Gasteiger partial charge in [-0.3, -0.25) is 4.79 Å². The maximum Gasteiger partial charge on any atom is 0.303 e. The second-order valence-corrected chi connectivity index (χ2v) is 7.00. The van der Waals surface area contributed by atoms with Gasteiger partial charge in [-0.2, -0.15) is 0 Å². The molecule has 2 nitrogen and oxygen atoms in total. The Morgan fingerprint density at radius 1 is 0.857 bits per heavy atom. The molecule has 21 heavy (non-hydrogen) atoms. The van der Waals surface area contributed by atoms with E-state index in [9.17, 15) is 4.79 Å². The Labute approximate surface area is 131 Å². The highest BCUT2D eigenvalue weighted by atomic mass is 16.4. The van der Waals surface area contributed by atoms with Gasteiger partial charge in [0.2, 0.25) is 0 Å². The Balaban J connectivity index is 2.10. The first-order valence-electron chi connectivity index (χ1n) is 9.45. The predicted molar refractivity (Wildman–Crippen MR) is 89.5 cm³/mol. The lowest BCUT2D eigenvalue weighted by Crippen LogP contribution is -2.19. The van der Waals surface area contributed by atoms with E-state index in [0.717, 1.165) is 24.7 Å². The van der Waals surface area contributed by atoms with Crippen LogP contribution in [-0.2, 0) is 4.79 Å². The number of hydrogen-bond acceptors (Lipinski definition) is 1. The zero-order valence-electron chi connectivity index (χ0n) is 14.1. The SMILES string of the molecule is CCCCCCC1CCCCC1CCCCCCC(=O)O. The maximum atomic E-state index is 10.5. The van der Waals surface area contributed by atoms with E-state index in [4.69, 9.17) is 5.11 Å². The largest absolute Gasteiger partial charge is 0.481 e. The van der Waals surface area contributed by atoms with Crippen LogP contribution in [0.5, 0.6) is 0 Å². The van der Waals surface area contributed by atoms with E-state index >= 15 is 0 Å². The predicted octanol–water partition coefficient (Wildman–Crippen LogP) is 6.19. The number of carboxylic acid groups (broad SMARTS) is 1. The van der Waals surface area contributed by atoms with E-state index in [1.807, 2.05) is 0 Å². The fourth-order valence-corrected chi connectivity index (χ4v) is 3.91. The van der Waals surface area contributed by atoms with Gasteiger partial charge in [-0.1, -0.05) is 90.4 Å². The lowest BCUT2D eigenvalue weighted by molar-refractivity contribution is -0.137. The minimum atomic E-state index is -0.644.